The molecule has 3 N–H and O–H groups in total. The summed E-state index contributed by atoms with van der Waals surface area (Å²) in [7, 11) is -3.83. The first-order valence-electron chi connectivity index (χ1n) is 8.22. The van der Waals surface area contributed by atoms with Gasteiger partial charge in [0.2, 0.25) is 15.9 Å². The van der Waals surface area contributed by atoms with Gasteiger partial charge in [-0.1, -0.05) is 25.1 Å². The molecule has 9 heteroatoms. The molecule has 0 fully saturated rings. The minimum atomic E-state index is -3.83. The number of fused-ring (bicyclic) bond motifs is 1. The van der Waals surface area contributed by atoms with E-state index in [0.717, 1.165) is 11.9 Å². The zero-order chi connectivity index (χ0) is 19.6. The Morgan fingerprint density at radius 3 is 2.44 bits per heavy atom. The first kappa shape index (κ1) is 18.7. The molecule has 1 amide bonds. The molecule has 0 saturated carbocycles. The predicted octanol–water partition coefficient (Wildman–Crippen LogP) is 3.33. The number of rotatable bonds is 5. The number of nitrogens with two attached hydrogens (primary N) is 1. The van der Waals surface area contributed by atoms with E-state index >= 15 is 0 Å². The highest BCUT2D eigenvalue weighted by atomic mass is 32.2. The fourth-order valence-electron chi connectivity index (χ4n) is 2.76. The Labute approximate surface area is 156 Å². The highest BCUT2D eigenvalue weighted by Crippen LogP contribution is 2.38. The van der Waals surface area contributed by atoms with Crippen LogP contribution < -0.4 is 5.14 Å². The SMILES string of the molecule is CCCn1c(O)c(N=NC(=O)c2ccc(S(N)(=O)=O)cc2)c2ccccc21. The summed E-state index contributed by atoms with van der Waals surface area (Å²) in [6.45, 7) is 2.59. The van der Waals surface area contributed by atoms with Gasteiger partial charge in [-0.2, -0.15) is 0 Å². The van der Waals surface area contributed by atoms with E-state index in [9.17, 15) is 18.3 Å². The minimum absolute atomic E-state index is 0.0563. The van der Waals surface area contributed by atoms with Crippen LogP contribution in [0, 0.1) is 0 Å². The molecule has 0 aliphatic heterocycles. The third kappa shape index (κ3) is 3.74. The van der Waals surface area contributed by atoms with E-state index in [-0.39, 0.29) is 22.0 Å². The summed E-state index contributed by atoms with van der Waals surface area (Å²) in [4.78, 5) is 12.1. The van der Waals surface area contributed by atoms with Gasteiger partial charge in [-0.05, 0) is 36.8 Å². The molecule has 2 aromatic carbocycles. The molecule has 0 saturated heterocycles. The average Bonchev–Trinajstić information content (AvgIpc) is 2.91. The number of primary sulfonamides is 1. The molecule has 140 valence electrons. The summed E-state index contributed by atoms with van der Waals surface area (Å²) in [5.41, 5.74) is 1.17. The third-order valence-electron chi connectivity index (χ3n) is 4.04. The van der Waals surface area contributed by atoms with Crippen molar-refractivity contribution in [1.29, 1.82) is 0 Å². The first-order chi connectivity index (χ1) is 12.8. The number of aryl methyl sites for hydroxylation is 1. The summed E-state index contributed by atoms with van der Waals surface area (Å²) in [5, 5.41) is 23.8. The van der Waals surface area contributed by atoms with Crippen LogP contribution in [0.5, 0.6) is 5.88 Å². The molecule has 8 nitrogen and oxygen atoms in total. The Balaban J connectivity index is 1.94. The number of benzene rings is 2. The maximum absolute atomic E-state index is 12.2. The number of aromatic nitrogens is 1. The van der Waals surface area contributed by atoms with Gasteiger partial charge in [0.15, 0.2) is 5.69 Å². The summed E-state index contributed by atoms with van der Waals surface area (Å²) in [6, 6.07) is 12.4. The van der Waals surface area contributed by atoms with Gasteiger partial charge in [0.05, 0.1) is 10.4 Å². The number of hydrogen-bond acceptors (Lipinski definition) is 5. The minimum Gasteiger partial charge on any atom is -0.493 e. The number of azo groups is 1. The van der Waals surface area contributed by atoms with Crippen molar-refractivity contribution in [2.75, 3.05) is 0 Å². The van der Waals surface area contributed by atoms with Crippen molar-refractivity contribution in [3.63, 3.8) is 0 Å². The van der Waals surface area contributed by atoms with Crippen LogP contribution in [0.2, 0.25) is 0 Å². The number of carbonyl (C=O) groups is 1. The quantitative estimate of drug-likeness (QED) is 0.652. The number of amides is 1. The van der Waals surface area contributed by atoms with Gasteiger partial charge in [0, 0.05) is 17.5 Å². The fourth-order valence-corrected chi connectivity index (χ4v) is 3.28. The monoisotopic (exact) mass is 386 g/mol. The number of para-hydroxylation sites is 1. The van der Waals surface area contributed by atoms with Crippen molar-refractivity contribution < 1.29 is 18.3 Å². The van der Waals surface area contributed by atoms with Crippen LogP contribution in [0.3, 0.4) is 0 Å². The van der Waals surface area contributed by atoms with Crippen LogP contribution in [-0.2, 0) is 16.6 Å². The molecule has 1 heterocycles. The van der Waals surface area contributed by atoms with E-state index in [1.54, 1.807) is 10.6 Å². The fraction of sp³-hybridized carbons (Fsp3) is 0.167. The largest absolute Gasteiger partial charge is 0.493 e. The van der Waals surface area contributed by atoms with Crippen molar-refractivity contribution in [3.05, 3.63) is 54.1 Å². The molecular formula is C18H18N4O4S. The van der Waals surface area contributed by atoms with Gasteiger partial charge in [-0.3, -0.25) is 4.79 Å². The zero-order valence-electron chi connectivity index (χ0n) is 14.5. The Kier molecular flexibility index (Phi) is 5.06. The lowest BCUT2D eigenvalue weighted by Crippen LogP contribution is -2.12. The highest BCUT2D eigenvalue weighted by Gasteiger charge is 2.16. The van der Waals surface area contributed by atoms with Gasteiger partial charge in [-0.15, -0.1) is 10.2 Å². The van der Waals surface area contributed by atoms with E-state index in [2.05, 4.69) is 10.2 Å². The predicted molar refractivity (Wildman–Crippen MR) is 101 cm³/mol. The highest BCUT2D eigenvalue weighted by molar-refractivity contribution is 7.89. The second-order valence-corrected chi connectivity index (χ2v) is 7.48. The smallest absolute Gasteiger partial charge is 0.295 e. The first-order valence-corrected chi connectivity index (χ1v) is 9.76. The Morgan fingerprint density at radius 2 is 1.81 bits per heavy atom. The van der Waals surface area contributed by atoms with Crippen LogP contribution in [0.1, 0.15) is 23.7 Å². The number of hydrogen-bond donors (Lipinski definition) is 2. The molecule has 1 aromatic heterocycles. The van der Waals surface area contributed by atoms with Crippen LogP contribution >= 0.6 is 0 Å². The van der Waals surface area contributed by atoms with E-state index in [1.165, 1.54) is 24.3 Å². The standard InChI is InChI=1S/C18H18N4O4S/c1-2-11-22-15-6-4-3-5-14(15)16(18(22)24)20-21-17(23)12-7-9-13(10-8-12)27(19,25)26/h3-10,24H,2,11H2,1H3,(H2,19,25,26). The summed E-state index contributed by atoms with van der Waals surface area (Å²) < 4.78 is 24.2. The Bertz CT molecular complexity index is 1130. The molecule has 0 bridgehead atoms. The molecule has 0 unspecified atom stereocenters. The molecule has 3 aromatic rings. The zero-order valence-corrected chi connectivity index (χ0v) is 15.3. The molecule has 0 aliphatic carbocycles. The van der Waals surface area contributed by atoms with E-state index in [1.807, 2.05) is 25.1 Å². The lowest BCUT2D eigenvalue weighted by molar-refractivity contribution is 0.0995. The van der Waals surface area contributed by atoms with Crippen LogP contribution in [-0.4, -0.2) is 24.0 Å². The lowest BCUT2D eigenvalue weighted by Gasteiger charge is -2.03. The van der Waals surface area contributed by atoms with Gasteiger partial charge in [0.25, 0.3) is 5.91 Å². The molecule has 0 radical (unpaired) electrons. The number of sulfonamides is 1. The summed E-state index contributed by atoms with van der Waals surface area (Å²) in [6.07, 6.45) is 0.818. The second kappa shape index (κ2) is 7.29. The maximum atomic E-state index is 12.2. The average molecular weight is 386 g/mol. The van der Waals surface area contributed by atoms with Crippen LogP contribution in [0.4, 0.5) is 5.69 Å². The van der Waals surface area contributed by atoms with Gasteiger partial charge in [0.1, 0.15) is 0 Å². The van der Waals surface area contributed by atoms with Crippen LogP contribution in [0.15, 0.2) is 63.7 Å². The number of carbonyl (C=O) groups excluding carboxylic acids is 1. The molecule has 3 rings (SSSR count). The maximum Gasteiger partial charge on any atom is 0.295 e. The van der Waals surface area contributed by atoms with Gasteiger partial charge >= 0.3 is 0 Å². The van der Waals surface area contributed by atoms with Gasteiger partial charge < -0.3 is 9.67 Å². The van der Waals surface area contributed by atoms with Crippen molar-refractivity contribution >= 4 is 32.5 Å². The Hall–Kier alpha value is -3.04. The van der Waals surface area contributed by atoms with Gasteiger partial charge in [-0.25, -0.2) is 13.6 Å². The molecule has 27 heavy (non-hydrogen) atoms. The number of nitrogens with zero attached hydrogens (tertiary/aromatic N) is 3. The normalized spacial score (nSPS) is 12.1. The molecule has 0 atom stereocenters. The lowest BCUT2D eigenvalue weighted by atomic mass is 10.2. The summed E-state index contributed by atoms with van der Waals surface area (Å²) >= 11 is 0. The molecule has 0 aliphatic rings. The van der Waals surface area contributed by atoms with E-state index in [4.69, 9.17) is 5.14 Å². The number of aromatic hydroxyl groups is 1. The Morgan fingerprint density at radius 1 is 1.15 bits per heavy atom. The van der Waals surface area contributed by atoms with Crippen molar-refractivity contribution in [2.45, 2.75) is 24.8 Å². The molecule has 0 spiro atoms. The third-order valence-corrected chi connectivity index (χ3v) is 4.96. The van der Waals surface area contributed by atoms with Crippen molar-refractivity contribution in [1.82, 2.24) is 4.57 Å². The summed E-state index contributed by atoms with van der Waals surface area (Å²) in [5.74, 6) is -0.720. The van der Waals surface area contributed by atoms with Crippen molar-refractivity contribution in [2.24, 2.45) is 15.4 Å². The topological polar surface area (TPSA) is 127 Å². The van der Waals surface area contributed by atoms with E-state index < -0.39 is 15.9 Å². The van der Waals surface area contributed by atoms with E-state index in [0.29, 0.717) is 11.9 Å². The second-order valence-electron chi connectivity index (χ2n) is 5.92. The van der Waals surface area contributed by atoms with Crippen LogP contribution in [0.25, 0.3) is 10.9 Å². The van der Waals surface area contributed by atoms with Crippen molar-refractivity contribution in [3.8, 4) is 5.88 Å². The molecular weight excluding hydrogens is 368 g/mol.